The van der Waals surface area contributed by atoms with Crippen molar-refractivity contribution < 1.29 is 10.2 Å². The van der Waals surface area contributed by atoms with Crippen LogP contribution in [0.15, 0.2) is 23.8 Å². The second kappa shape index (κ2) is 13.3. The summed E-state index contributed by atoms with van der Waals surface area (Å²) < 4.78 is 0. The molecule has 2 aliphatic rings. The number of hydrogen-bond donors (Lipinski definition) is 2. The molecule has 2 N–H and O–H groups in total. The van der Waals surface area contributed by atoms with Gasteiger partial charge < -0.3 is 10.2 Å². The Kier molecular flexibility index (Phi) is 11.5. The minimum atomic E-state index is -0.358. The molecule has 0 saturated heterocycles. The van der Waals surface area contributed by atoms with Crippen molar-refractivity contribution in [1.82, 2.24) is 4.90 Å². The molecule has 1 fully saturated rings. The maximum absolute atomic E-state index is 10.5. The molecule has 174 valence electrons. The van der Waals surface area contributed by atoms with Crippen molar-refractivity contribution in [3.8, 4) is 0 Å². The van der Waals surface area contributed by atoms with Gasteiger partial charge in [-0.05, 0) is 77.5 Å². The lowest BCUT2D eigenvalue weighted by Crippen LogP contribution is -2.37. The van der Waals surface area contributed by atoms with Crippen molar-refractivity contribution in [2.75, 3.05) is 18.1 Å². The molecule has 2 rings (SSSR count). The normalized spacial score (nSPS) is 27.6. The number of thioether (sulfide) groups is 1. The molecular weight excluding hydrogens is 390 g/mol. The SMILES string of the molecule is CCCCC[C@H](O)C=C[C@@H]1[C@H]2CC(CSCCCN(C(C)C)C(C)C)=C[C@H]2C[C@H]1O. The van der Waals surface area contributed by atoms with Crippen LogP contribution in [0.5, 0.6) is 0 Å². The molecule has 2 aliphatic carbocycles. The van der Waals surface area contributed by atoms with Crippen molar-refractivity contribution in [3.63, 3.8) is 0 Å². The smallest absolute Gasteiger partial charge is 0.0721 e. The van der Waals surface area contributed by atoms with Crippen LogP contribution < -0.4 is 0 Å². The van der Waals surface area contributed by atoms with Crippen molar-refractivity contribution in [2.45, 2.75) is 104 Å². The van der Waals surface area contributed by atoms with Gasteiger partial charge in [0.25, 0.3) is 0 Å². The zero-order valence-electron chi connectivity index (χ0n) is 20.1. The monoisotopic (exact) mass is 437 g/mol. The van der Waals surface area contributed by atoms with Gasteiger partial charge in [0.05, 0.1) is 12.2 Å². The number of unbranched alkanes of at least 4 members (excludes halogenated alkanes) is 2. The van der Waals surface area contributed by atoms with E-state index in [0.717, 1.165) is 31.4 Å². The van der Waals surface area contributed by atoms with E-state index in [1.54, 1.807) is 5.57 Å². The van der Waals surface area contributed by atoms with Crippen LogP contribution >= 0.6 is 11.8 Å². The first-order chi connectivity index (χ1) is 14.3. The number of allylic oxidation sites excluding steroid dienone is 1. The molecular formula is C26H47NO2S. The molecule has 0 aliphatic heterocycles. The molecule has 0 aromatic heterocycles. The Bertz CT molecular complexity index is 537. The van der Waals surface area contributed by atoms with Crippen molar-refractivity contribution in [1.29, 1.82) is 0 Å². The van der Waals surface area contributed by atoms with Gasteiger partial charge in [-0.1, -0.05) is 50.0 Å². The predicted molar refractivity (Wildman–Crippen MR) is 132 cm³/mol. The molecule has 1 saturated carbocycles. The number of rotatable bonds is 14. The highest BCUT2D eigenvalue weighted by molar-refractivity contribution is 7.99. The molecule has 0 amide bonds. The summed E-state index contributed by atoms with van der Waals surface area (Å²) in [6.07, 6.45) is 13.5. The van der Waals surface area contributed by atoms with Gasteiger partial charge in [-0.15, -0.1) is 0 Å². The number of aliphatic hydroxyl groups is 2. The highest BCUT2D eigenvalue weighted by atomic mass is 32.2. The molecule has 30 heavy (non-hydrogen) atoms. The van der Waals surface area contributed by atoms with Crippen LogP contribution in [0.3, 0.4) is 0 Å². The van der Waals surface area contributed by atoms with E-state index in [9.17, 15) is 10.2 Å². The summed E-state index contributed by atoms with van der Waals surface area (Å²) in [7, 11) is 0. The van der Waals surface area contributed by atoms with Gasteiger partial charge in [-0.25, -0.2) is 0 Å². The molecule has 0 aromatic rings. The molecule has 0 spiro atoms. The largest absolute Gasteiger partial charge is 0.392 e. The van der Waals surface area contributed by atoms with Gasteiger partial charge in [0, 0.05) is 23.8 Å². The summed E-state index contributed by atoms with van der Waals surface area (Å²) in [6, 6.07) is 1.24. The van der Waals surface area contributed by atoms with Crippen LogP contribution in [-0.4, -0.2) is 57.5 Å². The standard InChI is InChI=1S/C26H47NO2S/c1-6-7-8-10-23(28)11-12-24-25-16-21(15-22(25)17-26(24)29)18-30-14-9-13-27(19(2)3)20(4)5/h11-12,15,19-20,22-26,28-29H,6-10,13-14,16-18H2,1-5H3/t22-,23-,24+,25-,26+/m0/s1. The number of hydrogen-bond acceptors (Lipinski definition) is 4. The molecule has 0 bridgehead atoms. The average Bonchev–Trinajstić information content (AvgIpc) is 3.18. The highest BCUT2D eigenvalue weighted by Crippen LogP contribution is 2.47. The molecule has 0 aromatic carbocycles. The quantitative estimate of drug-likeness (QED) is 0.271. The van der Waals surface area contributed by atoms with Crippen LogP contribution in [0.1, 0.15) is 79.6 Å². The van der Waals surface area contributed by atoms with Gasteiger partial charge in [-0.2, -0.15) is 11.8 Å². The first-order valence-corrected chi connectivity index (χ1v) is 13.6. The van der Waals surface area contributed by atoms with Gasteiger partial charge in [-0.3, -0.25) is 4.90 Å². The number of nitrogens with zero attached hydrogens (tertiary/aromatic N) is 1. The number of fused-ring (bicyclic) bond motifs is 1. The van der Waals surface area contributed by atoms with E-state index in [1.807, 2.05) is 6.08 Å². The summed E-state index contributed by atoms with van der Waals surface area (Å²) in [5.41, 5.74) is 1.58. The summed E-state index contributed by atoms with van der Waals surface area (Å²) in [5, 5.41) is 20.7. The second-order valence-corrected chi connectivity index (χ2v) is 11.1. The number of aliphatic hydroxyl groups excluding tert-OH is 2. The van der Waals surface area contributed by atoms with Crippen LogP contribution in [0.4, 0.5) is 0 Å². The van der Waals surface area contributed by atoms with E-state index in [-0.39, 0.29) is 18.1 Å². The Hall–Kier alpha value is -0.290. The summed E-state index contributed by atoms with van der Waals surface area (Å²) >= 11 is 2.07. The molecule has 0 unspecified atom stereocenters. The Morgan fingerprint density at radius 2 is 1.90 bits per heavy atom. The zero-order chi connectivity index (χ0) is 22.1. The van der Waals surface area contributed by atoms with Gasteiger partial charge >= 0.3 is 0 Å². The van der Waals surface area contributed by atoms with Crippen LogP contribution in [0.2, 0.25) is 0 Å². The zero-order valence-corrected chi connectivity index (χ0v) is 20.9. The fourth-order valence-electron chi connectivity index (χ4n) is 5.33. The Balaban J connectivity index is 1.72. The fourth-order valence-corrected chi connectivity index (χ4v) is 6.29. The lowest BCUT2D eigenvalue weighted by molar-refractivity contribution is 0.140. The third-order valence-corrected chi connectivity index (χ3v) is 8.08. The second-order valence-electron chi connectivity index (χ2n) is 10.0. The maximum Gasteiger partial charge on any atom is 0.0721 e. The topological polar surface area (TPSA) is 43.7 Å². The first-order valence-electron chi connectivity index (χ1n) is 12.4. The summed E-state index contributed by atoms with van der Waals surface area (Å²) in [6.45, 7) is 12.5. The molecule has 3 nitrogen and oxygen atoms in total. The van der Waals surface area contributed by atoms with Crippen molar-refractivity contribution >= 4 is 11.8 Å². The van der Waals surface area contributed by atoms with E-state index in [1.165, 1.54) is 31.6 Å². The first kappa shape index (κ1) is 26.0. The lowest BCUT2D eigenvalue weighted by atomic mass is 9.89. The minimum absolute atomic E-state index is 0.209. The highest BCUT2D eigenvalue weighted by Gasteiger charge is 2.43. The lowest BCUT2D eigenvalue weighted by Gasteiger charge is -2.30. The van der Waals surface area contributed by atoms with E-state index in [0.29, 0.717) is 23.9 Å². The van der Waals surface area contributed by atoms with Gasteiger partial charge in [0.1, 0.15) is 0 Å². The van der Waals surface area contributed by atoms with Crippen molar-refractivity contribution in [2.24, 2.45) is 17.8 Å². The Morgan fingerprint density at radius 3 is 2.57 bits per heavy atom. The van der Waals surface area contributed by atoms with Crippen LogP contribution in [-0.2, 0) is 0 Å². The molecule has 0 heterocycles. The third-order valence-electron chi connectivity index (χ3n) is 6.93. The molecule has 4 heteroatoms. The summed E-state index contributed by atoms with van der Waals surface area (Å²) in [5.74, 6) is 3.63. The van der Waals surface area contributed by atoms with Gasteiger partial charge in [0.2, 0.25) is 0 Å². The van der Waals surface area contributed by atoms with E-state index in [2.05, 4.69) is 63.4 Å². The van der Waals surface area contributed by atoms with E-state index in [4.69, 9.17) is 0 Å². The van der Waals surface area contributed by atoms with E-state index >= 15 is 0 Å². The maximum atomic E-state index is 10.5. The Morgan fingerprint density at radius 1 is 1.17 bits per heavy atom. The van der Waals surface area contributed by atoms with Crippen molar-refractivity contribution in [3.05, 3.63) is 23.8 Å². The van der Waals surface area contributed by atoms with Crippen LogP contribution in [0.25, 0.3) is 0 Å². The van der Waals surface area contributed by atoms with Crippen LogP contribution in [0, 0.1) is 17.8 Å². The Labute approximate surface area is 190 Å². The van der Waals surface area contributed by atoms with E-state index < -0.39 is 0 Å². The predicted octanol–water partition coefficient (Wildman–Crippen LogP) is 5.67. The minimum Gasteiger partial charge on any atom is -0.392 e. The molecule has 0 radical (unpaired) electrons. The fraction of sp³-hybridized carbons (Fsp3) is 0.846. The average molecular weight is 438 g/mol. The third kappa shape index (κ3) is 8.00. The summed E-state index contributed by atoms with van der Waals surface area (Å²) in [4.78, 5) is 2.58. The van der Waals surface area contributed by atoms with Gasteiger partial charge in [0.15, 0.2) is 0 Å². The molecule has 5 atom stereocenters.